The van der Waals surface area contributed by atoms with Gasteiger partial charge in [-0.3, -0.25) is 0 Å². The van der Waals surface area contributed by atoms with Crippen LogP contribution in [0.2, 0.25) is 0 Å². The lowest BCUT2D eigenvalue weighted by Crippen LogP contribution is -2.13. The fourth-order valence-electron chi connectivity index (χ4n) is 1.40. The van der Waals surface area contributed by atoms with E-state index in [1.165, 1.54) is 0 Å². The summed E-state index contributed by atoms with van der Waals surface area (Å²) in [4.78, 5) is 9.56. The Morgan fingerprint density at radius 3 is 2.86 bits per heavy atom. The van der Waals surface area contributed by atoms with Crippen molar-refractivity contribution < 1.29 is 4.84 Å². The maximum absolute atomic E-state index is 5.18. The molecule has 0 atom stereocenters. The fourth-order valence-corrected chi connectivity index (χ4v) is 1.40. The van der Waals surface area contributed by atoms with Crippen LogP contribution in [0.15, 0.2) is 30.3 Å². The first kappa shape index (κ1) is 8.97. The third-order valence-corrected chi connectivity index (χ3v) is 2.07. The first-order chi connectivity index (χ1) is 6.81. The minimum Gasteiger partial charge on any atom is -0.388 e. The van der Waals surface area contributed by atoms with Gasteiger partial charge in [0.2, 0.25) is 5.88 Å². The van der Waals surface area contributed by atoms with Gasteiger partial charge in [0.05, 0.1) is 5.52 Å². The minimum absolute atomic E-state index is 0.631. The Balaban J connectivity index is 2.59. The number of hydrogen-bond acceptors (Lipinski definition) is 3. The summed E-state index contributed by atoms with van der Waals surface area (Å²) in [7, 11) is 1.72. The molecule has 14 heavy (non-hydrogen) atoms. The van der Waals surface area contributed by atoms with E-state index in [2.05, 4.69) is 16.5 Å². The van der Waals surface area contributed by atoms with Gasteiger partial charge in [0.1, 0.15) is 0 Å². The molecule has 0 amide bonds. The highest BCUT2D eigenvalue weighted by molar-refractivity contribution is 5.79. The van der Waals surface area contributed by atoms with Gasteiger partial charge in [0.15, 0.2) is 0 Å². The third kappa shape index (κ3) is 1.54. The smallest absolute Gasteiger partial charge is 0.241 e. The number of fused-ring (bicyclic) bond motifs is 1. The average molecular weight is 188 g/mol. The summed E-state index contributed by atoms with van der Waals surface area (Å²) >= 11 is 0. The summed E-state index contributed by atoms with van der Waals surface area (Å²) in [5.41, 5.74) is 4.60. The van der Waals surface area contributed by atoms with Crippen LogP contribution in [0.5, 0.6) is 5.88 Å². The van der Waals surface area contributed by atoms with Gasteiger partial charge in [0.25, 0.3) is 0 Å². The predicted molar refractivity (Wildman–Crippen MR) is 56.2 cm³/mol. The molecule has 0 spiro atoms. The summed E-state index contributed by atoms with van der Waals surface area (Å²) in [6.07, 6.45) is 0. The van der Waals surface area contributed by atoms with Gasteiger partial charge in [-0.15, -0.1) is 0 Å². The quantitative estimate of drug-likeness (QED) is 0.732. The van der Waals surface area contributed by atoms with Crippen LogP contribution in [0.3, 0.4) is 0 Å². The second kappa shape index (κ2) is 3.64. The normalized spacial score (nSPS) is 10.4. The van der Waals surface area contributed by atoms with Crippen LogP contribution in [0.1, 0.15) is 5.56 Å². The number of nitrogens with zero attached hydrogens (tertiary/aromatic N) is 1. The van der Waals surface area contributed by atoms with Crippen molar-refractivity contribution in [2.24, 2.45) is 0 Å². The summed E-state index contributed by atoms with van der Waals surface area (Å²) < 4.78 is 0. The third-order valence-electron chi connectivity index (χ3n) is 2.07. The van der Waals surface area contributed by atoms with Crippen molar-refractivity contribution in [3.05, 3.63) is 35.9 Å². The lowest BCUT2D eigenvalue weighted by atomic mass is 10.2. The Morgan fingerprint density at radius 1 is 1.29 bits per heavy atom. The molecule has 3 heteroatoms. The van der Waals surface area contributed by atoms with E-state index in [1.807, 2.05) is 31.2 Å². The Morgan fingerprint density at radius 2 is 2.07 bits per heavy atom. The second-order valence-electron chi connectivity index (χ2n) is 3.11. The van der Waals surface area contributed by atoms with E-state index in [1.54, 1.807) is 7.05 Å². The summed E-state index contributed by atoms with van der Waals surface area (Å²) in [5.74, 6) is 0.631. The number of aromatic nitrogens is 1. The molecule has 1 N–H and O–H groups in total. The van der Waals surface area contributed by atoms with E-state index < -0.39 is 0 Å². The van der Waals surface area contributed by atoms with Gasteiger partial charge in [-0.05, 0) is 19.1 Å². The Hall–Kier alpha value is -1.61. The largest absolute Gasteiger partial charge is 0.388 e. The molecule has 0 aliphatic carbocycles. The van der Waals surface area contributed by atoms with E-state index in [4.69, 9.17) is 4.84 Å². The number of aryl methyl sites for hydroxylation is 1. The molecule has 0 unspecified atom stereocenters. The van der Waals surface area contributed by atoms with Crippen LogP contribution in [0.25, 0.3) is 10.9 Å². The van der Waals surface area contributed by atoms with Gasteiger partial charge in [-0.25, -0.2) is 4.98 Å². The maximum atomic E-state index is 5.18. The highest BCUT2D eigenvalue weighted by Crippen LogP contribution is 2.20. The zero-order valence-corrected chi connectivity index (χ0v) is 8.24. The van der Waals surface area contributed by atoms with Crippen molar-refractivity contribution in [2.75, 3.05) is 7.05 Å². The van der Waals surface area contributed by atoms with Gasteiger partial charge in [-0.2, -0.15) is 5.48 Å². The predicted octanol–water partition coefficient (Wildman–Crippen LogP) is 2.06. The van der Waals surface area contributed by atoms with Crippen molar-refractivity contribution in [3.8, 4) is 5.88 Å². The highest BCUT2D eigenvalue weighted by atomic mass is 16.6. The summed E-state index contributed by atoms with van der Waals surface area (Å²) in [6.45, 7) is 1.98. The zero-order chi connectivity index (χ0) is 9.97. The molecule has 0 saturated heterocycles. The molecule has 0 fully saturated rings. The number of rotatable bonds is 2. The van der Waals surface area contributed by atoms with Crippen molar-refractivity contribution in [3.63, 3.8) is 0 Å². The van der Waals surface area contributed by atoms with Gasteiger partial charge < -0.3 is 4.84 Å². The number of hydroxylamine groups is 1. The van der Waals surface area contributed by atoms with E-state index >= 15 is 0 Å². The van der Waals surface area contributed by atoms with Crippen molar-refractivity contribution in [1.82, 2.24) is 10.5 Å². The van der Waals surface area contributed by atoms with E-state index in [-0.39, 0.29) is 0 Å². The molecule has 2 aromatic rings. The Bertz CT molecular complexity index is 454. The Kier molecular flexibility index (Phi) is 2.33. The number of nitrogens with one attached hydrogen (secondary N) is 1. The van der Waals surface area contributed by atoms with Crippen LogP contribution in [0, 0.1) is 6.92 Å². The van der Waals surface area contributed by atoms with Crippen molar-refractivity contribution in [1.29, 1.82) is 0 Å². The number of pyridine rings is 1. The highest BCUT2D eigenvalue weighted by Gasteiger charge is 2.03. The van der Waals surface area contributed by atoms with Gasteiger partial charge >= 0.3 is 0 Å². The molecule has 0 radical (unpaired) electrons. The van der Waals surface area contributed by atoms with E-state index in [0.717, 1.165) is 16.5 Å². The van der Waals surface area contributed by atoms with Crippen LogP contribution in [-0.2, 0) is 0 Å². The molecule has 0 aliphatic heterocycles. The van der Waals surface area contributed by atoms with Crippen LogP contribution in [-0.4, -0.2) is 12.0 Å². The van der Waals surface area contributed by atoms with Crippen LogP contribution >= 0.6 is 0 Å². The monoisotopic (exact) mass is 188 g/mol. The fraction of sp³-hybridized carbons (Fsp3) is 0.182. The molecule has 72 valence electrons. The lowest BCUT2D eigenvalue weighted by Gasteiger charge is -2.06. The topological polar surface area (TPSA) is 34.1 Å². The molecule has 1 aromatic carbocycles. The van der Waals surface area contributed by atoms with Crippen LogP contribution < -0.4 is 10.3 Å². The second-order valence-corrected chi connectivity index (χ2v) is 3.11. The van der Waals surface area contributed by atoms with Gasteiger partial charge in [0, 0.05) is 18.0 Å². The SMILES string of the molecule is CNOc1nc2ccccc2cc1C. The van der Waals surface area contributed by atoms with E-state index in [0.29, 0.717) is 5.88 Å². The summed E-state index contributed by atoms with van der Waals surface area (Å²) in [6, 6.07) is 10.0. The minimum atomic E-state index is 0.631. The molecule has 1 heterocycles. The Labute approximate surface area is 82.7 Å². The summed E-state index contributed by atoms with van der Waals surface area (Å²) in [5, 5.41) is 1.13. The zero-order valence-electron chi connectivity index (χ0n) is 8.24. The van der Waals surface area contributed by atoms with Crippen molar-refractivity contribution >= 4 is 10.9 Å². The molecule has 0 aliphatic rings. The molecule has 0 bridgehead atoms. The number of benzene rings is 1. The standard InChI is InChI=1S/C11H12N2O/c1-8-7-9-5-3-4-6-10(9)13-11(8)14-12-2/h3-7,12H,1-2H3. The molecular weight excluding hydrogens is 176 g/mol. The molecule has 0 saturated carbocycles. The van der Waals surface area contributed by atoms with Crippen LogP contribution in [0.4, 0.5) is 0 Å². The number of hydrogen-bond donors (Lipinski definition) is 1. The van der Waals surface area contributed by atoms with Crippen molar-refractivity contribution in [2.45, 2.75) is 6.92 Å². The molecule has 2 rings (SSSR count). The first-order valence-corrected chi connectivity index (χ1v) is 4.51. The number of para-hydroxylation sites is 1. The van der Waals surface area contributed by atoms with E-state index in [9.17, 15) is 0 Å². The molecule has 3 nitrogen and oxygen atoms in total. The maximum Gasteiger partial charge on any atom is 0.241 e. The van der Waals surface area contributed by atoms with Gasteiger partial charge in [-0.1, -0.05) is 18.2 Å². The molecular formula is C11H12N2O. The lowest BCUT2D eigenvalue weighted by molar-refractivity contribution is 0.213. The average Bonchev–Trinajstić information content (AvgIpc) is 2.19. The first-order valence-electron chi connectivity index (χ1n) is 4.51. The molecule has 1 aromatic heterocycles.